The van der Waals surface area contributed by atoms with Crippen molar-refractivity contribution >= 4 is 21.8 Å². The van der Waals surface area contributed by atoms with Gasteiger partial charge in [-0.15, -0.1) is 0 Å². The summed E-state index contributed by atoms with van der Waals surface area (Å²) in [6.45, 7) is 2.03. The number of pyridine rings is 2. The topological polar surface area (TPSA) is 51.6 Å². The van der Waals surface area contributed by atoms with E-state index in [9.17, 15) is 0 Å². The van der Waals surface area contributed by atoms with Crippen LogP contribution in [0.2, 0.25) is 0 Å². The van der Waals surface area contributed by atoms with Crippen molar-refractivity contribution in [1.82, 2.24) is 19.9 Å². The maximum Gasteiger partial charge on any atom is 0.160 e. The lowest BCUT2D eigenvalue weighted by Gasteiger charge is -2.13. The Morgan fingerprint density at radius 1 is 0.333 bits per heavy atom. The highest BCUT2D eigenvalue weighted by molar-refractivity contribution is 6.09. The fraction of sp³-hybridized carbons (Fsp3) is 0.0213. The van der Waals surface area contributed by atoms with E-state index in [2.05, 4.69) is 140 Å². The molecule has 0 unspecified atom stereocenters. The molecule has 0 saturated carbocycles. The van der Waals surface area contributed by atoms with E-state index < -0.39 is 0 Å². The molecule has 0 aliphatic heterocycles. The van der Waals surface area contributed by atoms with Crippen LogP contribution in [0.3, 0.4) is 0 Å². The minimum atomic E-state index is 0.695. The number of rotatable bonds is 6. The molecule has 0 saturated heterocycles. The van der Waals surface area contributed by atoms with E-state index in [0.717, 1.165) is 89.1 Å². The molecule has 0 amide bonds. The molecule has 6 aromatic carbocycles. The Balaban J connectivity index is 1.12. The number of aromatic nitrogens is 4. The Morgan fingerprint density at radius 3 is 1.55 bits per heavy atom. The van der Waals surface area contributed by atoms with E-state index in [1.54, 1.807) is 0 Å². The minimum Gasteiger partial charge on any atom is -0.251 e. The fourth-order valence-corrected chi connectivity index (χ4v) is 6.73. The highest BCUT2D eigenvalue weighted by Gasteiger charge is 2.15. The van der Waals surface area contributed by atoms with Crippen LogP contribution >= 0.6 is 0 Å². The molecule has 240 valence electrons. The Morgan fingerprint density at radius 2 is 0.882 bits per heavy atom. The SMILES string of the molecule is Cc1ccc2ccc3c(-c4ccccc4)cc(-c4cccc(-c5ccc(-c6nc(-c7ccccc7)cc(-c7ccccc7)n6)cc5)c4)nc3c2n1. The van der Waals surface area contributed by atoms with Crippen molar-refractivity contribution in [3.8, 4) is 67.4 Å². The first kappa shape index (κ1) is 30.3. The smallest absolute Gasteiger partial charge is 0.160 e. The van der Waals surface area contributed by atoms with Crippen molar-refractivity contribution in [3.05, 3.63) is 182 Å². The van der Waals surface area contributed by atoms with E-state index in [4.69, 9.17) is 19.9 Å². The summed E-state index contributed by atoms with van der Waals surface area (Å²) in [5.74, 6) is 0.695. The fourth-order valence-electron chi connectivity index (χ4n) is 6.73. The van der Waals surface area contributed by atoms with Gasteiger partial charge < -0.3 is 0 Å². The predicted molar refractivity (Wildman–Crippen MR) is 210 cm³/mol. The van der Waals surface area contributed by atoms with Gasteiger partial charge in [-0.3, -0.25) is 4.98 Å². The molecule has 4 heteroatoms. The molecule has 4 nitrogen and oxygen atoms in total. The lowest BCUT2D eigenvalue weighted by Crippen LogP contribution is -1.96. The summed E-state index contributed by atoms with van der Waals surface area (Å²) in [5.41, 5.74) is 14.1. The first-order valence-electron chi connectivity index (χ1n) is 17.1. The van der Waals surface area contributed by atoms with Crippen molar-refractivity contribution < 1.29 is 0 Å². The van der Waals surface area contributed by atoms with Crippen LogP contribution in [0.5, 0.6) is 0 Å². The molecule has 0 aliphatic rings. The molecule has 9 aromatic rings. The van der Waals surface area contributed by atoms with Crippen LogP contribution in [-0.2, 0) is 0 Å². The van der Waals surface area contributed by atoms with Crippen LogP contribution in [-0.4, -0.2) is 19.9 Å². The van der Waals surface area contributed by atoms with Gasteiger partial charge >= 0.3 is 0 Å². The van der Waals surface area contributed by atoms with Gasteiger partial charge in [-0.1, -0.05) is 152 Å². The summed E-state index contributed by atoms with van der Waals surface area (Å²) in [6.07, 6.45) is 0. The van der Waals surface area contributed by atoms with Gasteiger partial charge in [0.05, 0.1) is 28.1 Å². The first-order chi connectivity index (χ1) is 25.2. The van der Waals surface area contributed by atoms with Gasteiger partial charge in [0.2, 0.25) is 0 Å². The van der Waals surface area contributed by atoms with Gasteiger partial charge in [-0.25, -0.2) is 15.0 Å². The van der Waals surface area contributed by atoms with Crippen molar-refractivity contribution in [2.45, 2.75) is 6.92 Å². The van der Waals surface area contributed by atoms with Crippen LogP contribution < -0.4 is 0 Å². The first-order valence-corrected chi connectivity index (χ1v) is 17.1. The molecule has 0 spiro atoms. The van der Waals surface area contributed by atoms with E-state index in [1.165, 1.54) is 0 Å². The highest BCUT2D eigenvalue weighted by Crippen LogP contribution is 2.36. The number of nitrogens with zero attached hydrogens (tertiary/aromatic N) is 4. The molecule has 0 N–H and O–H groups in total. The van der Waals surface area contributed by atoms with Crippen LogP contribution in [0.1, 0.15) is 5.69 Å². The zero-order valence-corrected chi connectivity index (χ0v) is 28.0. The second kappa shape index (κ2) is 12.9. The zero-order chi connectivity index (χ0) is 34.1. The zero-order valence-electron chi connectivity index (χ0n) is 28.0. The van der Waals surface area contributed by atoms with E-state index in [0.29, 0.717) is 5.82 Å². The number of hydrogen-bond acceptors (Lipinski definition) is 4. The van der Waals surface area contributed by atoms with Crippen molar-refractivity contribution in [2.75, 3.05) is 0 Å². The molecule has 0 fully saturated rings. The third kappa shape index (κ3) is 5.94. The van der Waals surface area contributed by atoms with Crippen LogP contribution in [0.15, 0.2) is 176 Å². The molecule has 3 aromatic heterocycles. The van der Waals surface area contributed by atoms with Gasteiger partial charge in [0.15, 0.2) is 5.82 Å². The molecular formula is C47H32N4. The second-order valence-corrected chi connectivity index (χ2v) is 12.8. The van der Waals surface area contributed by atoms with E-state index >= 15 is 0 Å². The normalized spacial score (nSPS) is 11.2. The molecule has 0 atom stereocenters. The quantitative estimate of drug-likeness (QED) is 0.168. The van der Waals surface area contributed by atoms with Gasteiger partial charge in [-0.2, -0.15) is 0 Å². The maximum atomic E-state index is 5.28. The molecule has 51 heavy (non-hydrogen) atoms. The van der Waals surface area contributed by atoms with E-state index in [1.807, 2.05) is 43.3 Å². The van der Waals surface area contributed by atoms with Crippen molar-refractivity contribution in [1.29, 1.82) is 0 Å². The Kier molecular flexibility index (Phi) is 7.67. The Bertz CT molecular complexity index is 2610. The predicted octanol–water partition coefficient (Wildman–Crippen LogP) is 11.9. The lowest BCUT2D eigenvalue weighted by atomic mass is 9.95. The minimum absolute atomic E-state index is 0.695. The molecule has 0 radical (unpaired) electrons. The van der Waals surface area contributed by atoms with Gasteiger partial charge in [0.25, 0.3) is 0 Å². The average Bonchev–Trinajstić information content (AvgIpc) is 3.21. The third-order valence-corrected chi connectivity index (χ3v) is 9.36. The molecule has 0 bridgehead atoms. The summed E-state index contributed by atoms with van der Waals surface area (Å²) in [4.78, 5) is 20.3. The number of fused-ring (bicyclic) bond motifs is 3. The molecular weight excluding hydrogens is 621 g/mol. The monoisotopic (exact) mass is 652 g/mol. The molecule has 0 aliphatic carbocycles. The Labute approximate surface area is 296 Å². The van der Waals surface area contributed by atoms with Gasteiger partial charge in [0, 0.05) is 38.7 Å². The second-order valence-electron chi connectivity index (χ2n) is 12.8. The summed E-state index contributed by atoms with van der Waals surface area (Å²) in [7, 11) is 0. The summed E-state index contributed by atoms with van der Waals surface area (Å²) < 4.78 is 0. The van der Waals surface area contributed by atoms with Gasteiger partial charge in [0.1, 0.15) is 0 Å². The largest absolute Gasteiger partial charge is 0.251 e. The summed E-state index contributed by atoms with van der Waals surface area (Å²) >= 11 is 0. The van der Waals surface area contributed by atoms with Crippen LogP contribution in [0, 0.1) is 6.92 Å². The molecule has 9 rings (SSSR count). The maximum absolute atomic E-state index is 5.28. The lowest BCUT2D eigenvalue weighted by molar-refractivity contribution is 1.18. The third-order valence-electron chi connectivity index (χ3n) is 9.36. The van der Waals surface area contributed by atoms with Crippen LogP contribution in [0.4, 0.5) is 0 Å². The van der Waals surface area contributed by atoms with Crippen molar-refractivity contribution in [3.63, 3.8) is 0 Å². The number of aryl methyl sites for hydroxylation is 1. The number of hydrogen-bond donors (Lipinski definition) is 0. The highest BCUT2D eigenvalue weighted by atomic mass is 14.9. The number of benzene rings is 6. The van der Waals surface area contributed by atoms with Gasteiger partial charge in [-0.05, 0) is 53.4 Å². The van der Waals surface area contributed by atoms with E-state index in [-0.39, 0.29) is 0 Å². The van der Waals surface area contributed by atoms with Crippen molar-refractivity contribution in [2.24, 2.45) is 0 Å². The van der Waals surface area contributed by atoms with Crippen LogP contribution in [0.25, 0.3) is 89.2 Å². The standard InChI is InChI=1S/C47H32N4/c1-31-20-21-36-26-27-40-41(33-12-5-2-6-13-33)29-42(49-46(40)45(36)48-31)39-19-11-18-38(28-39)32-22-24-37(25-23-32)47-50-43(34-14-7-3-8-15-34)30-44(51-47)35-16-9-4-10-17-35/h2-30H,1H3. The Hall–Kier alpha value is -6.78. The average molecular weight is 653 g/mol. The summed E-state index contributed by atoms with van der Waals surface area (Å²) in [6, 6.07) is 61.0. The molecule has 3 heterocycles. The summed E-state index contributed by atoms with van der Waals surface area (Å²) in [5, 5.41) is 2.18.